The van der Waals surface area contributed by atoms with Crippen LogP contribution in [0.25, 0.3) is 0 Å². The van der Waals surface area contributed by atoms with E-state index in [0.717, 1.165) is 24.3 Å². The first-order valence-electron chi connectivity index (χ1n) is 5.16. The van der Waals surface area contributed by atoms with E-state index in [-0.39, 0.29) is 17.9 Å². The molecule has 2 aromatic rings. The number of ether oxygens (including phenoxy) is 1. The number of hydrogen-bond donors (Lipinski definition) is 0. The summed E-state index contributed by atoms with van der Waals surface area (Å²) >= 11 is 4.25. The summed E-state index contributed by atoms with van der Waals surface area (Å²) in [5.41, 5.74) is 0.0391. The van der Waals surface area contributed by atoms with Crippen LogP contribution in [0, 0.1) is 23.5 Å². The van der Waals surface area contributed by atoms with Crippen molar-refractivity contribution < 1.29 is 34.3 Å². The summed E-state index contributed by atoms with van der Waals surface area (Å²) in [5.74, 6) is -1.77. The molecule has 0 bridgehead atoms. The Hall–Kier alpha value is -0.867. The van der Waals surface area contributed by atoms with Crippen LogP contribution in [0.15, 0.2) is 36.4 Å². The number of benzene rings is 2. The van der Waals surface area contributed by atoms with Crippen LogP contribution in [0.4, 0.5) is 13.2 Å². The Morgan fingerprint density at radius 2 is 1.84 bits per heavy atom. The van der Waals surface area contributed by atoms with Gasteiger partial charge in [-0.25, -0.2) is 8.78 Å². The van der Waals surface area contributed by atoms with Gasteiger partial charge in [0, 0.05) is 17.1 Å². The van der Waals surface area contributed by atoms with E-state index in [1.54, 1.807) is 0 Å². The third kappa shape index (κ3) is 4.96. The van der Waals surface area contributed by atoms with Crippen molar-refractivity contribution in [3.8, 4) is 5.75 Å². The van der Waals surface area contributed by atoms with Crippen molar-refractivity contribution in [2.24, 2.45) is 0 Å². The molecule has 19 heavy (non-hydrogen) atoms. The van der Waals surface area contributed by atoms with Gasteiger partial charge in [0.05, 0.1) is 0 Å². The van der Waals surface area contributed by atoms with E-state index in [2.05, 4.69) is 19.7 Å². The second kappa shape index (κ2) is 8.33. The fraction of sp³-hybridized carbons (Fsp3) is 0.0769. The van der Waals surface area contributed by atoms with Crippen LogP contribution >= 0.6 is 13.6 Å². The van der Waals surface area contributed by atoms with Gasteiger partial charge in [0.1, 0.15) is 18.2 Å². The molecule has 0 saturated carbocycles. The SMILES string of the molecule is Fc1ccc(F)c(COc2cc[c-]cc2F)c1.[Zn+][Br]. The number of halogens is 4. The molecule has 0 aromatic heterocycles. The van der Waals surface area contributed by atoms with Crippen molar-refractivity contribution in [2.45, 2.75) is 6.61 Å². The van der Waals surface area contributed by atoms with Gasteiger partial charge >= 0.3 is 30.0 Å². The van der Waals surface area contributed by atoms with E-state index in [1.165, 1.54) is 28.5 Å². The molecule has 2 rings (SSSR count). The molecule has 1 nitrogen and oxygen atoms in total. The summed E-state index contributed by atoms with van der Waals surface area (Å²) < 4.78 is 44.3. The summed E-state index contributed by atoms with van der Waals surface area (Å²) in [7, 11) is 0. The van der Waals surface area contributed by atoms with Crippen LogP contribution in [-0.2, 0) is 22.9 Å². The van der Waals surface area contributed by atoms with Gasteiger partial charge in [-0.15, -0.1) is 12.1 Å². The molecule has 0 atom stereocenters. The van der Waals surface area contributed by atoms with Crippen LogP contribution < -0.4 is 4.74 Å². The molecule has 0 unspecified atom stereocenters. The third-order valence-corrected chi connectivity index (χ3v) is 2.17. The molecule has 6 heteroatoms. The molecule has 0 heterocycles. The molecule has 0 amide bonds. The Labute approximate surface area is 125 Å². The molecule has 96 valence electrons. The predicted molar refractivity (Wildman–Crippen MR) is 64.9 cm³/mol. The molecule has 0 saturated heterocycles. The Kier molecular flexibility index (Phi) is 7.10. The van der Waals surface area contributed by atoms with Gasteiger partial charge in [-0.05, 0) is 18.2 Å². The maximum atomic E-state index is 13.2. The molecule has 2 aromatic carbocycles. The van der Waals surface area contributed by atoms with Crippen LogP contribution in [0.2, 0.25) is 0 Å². The zero-order valence-corrected chi connectivity index (χ0v) is 14.4. The van der Waals surface area contributed by atoms with Gasteiger partial charge in [0.2, 0.25) is 0 Å². The van der Waals surface area contributed by atoms with E-state index in [9.17, 15) is 13.2 Å². The molecule has 0 aliphatic rings. The Morgan fingerprint density at radius 1 is 1.11 bits per heavy atom. The normalized spacial score (nSPS) is 9.58. The first-order chi connectivity index (χ1) is 9.16. The minimum absolute atomic E-state index is 0.0209. The Bertz CT molecular complexity index is 537. The van der Waals surface area contributed by atoms with Crippen molar-refractivity contribution in [2.75, 3.05) is 0 Å². The van der Waals surface area contributed by atoms with E-state index in [4.69, 9.17) is 4.74 Å². The average molecular weight is 382 g/mol. The topological polar surface area (TPSA) is 9.23 Å². The third-order valence-electron chi connectivity index (χ3n) is 2.17. The van der Waals surface area contributed by atoms with Crippen molar-refractivity contribution in [3.05, 3.63) is 65.5 Å². The second-order valence-corrected chi connectivity index (χ2v) is 3.38. The number of rotatable bonds is 3. The van der Waals surface area contributed by atoms with E-state index < -0.39 is 17.5 Å². The van der Waals surface area contributed by atoms with Gasteiger partial charge in [-0.2, -0.15) is 12.1 Å². The van der Waals surface area contributed by atoms with Gasteiger partial charge in [-0.3, -0.25) is 4.39 Å². The van der Waals surface area contributed by atoms with Crippen LogP contribution in [0.5, 0.6) is 5.75 Å². The summed E-state index contributed by atoms with van der Waals surface area (Å²) in [6, 6.07) is 9.51. The zero-order valence-electron chi connectivity index (χ0n) is 9.80. The molecule has 0 fully saturated rings. The molecule has 0 N–H and O–H groups in total. The zero-order chi connectivity index (χ0) is 14.3. The fourth-order valence-corrected chi connectivity index (χ4v) is 1.32. The molecule has 0 aliphatic heterocycles. The standard InChI is InChI=1S/C13H8F3O.BrH.Zn/c14-10-5-6-11(15)9(7-10)8-17-13-4-2-1-3-12(13)16;;/h2-7H,8H2;1H;/q-1;;+2/p-1. The van der Waals surface area contributed by atoms with Crippen molar-refractivity contribution in [1.29, 1.82) is 0 Å². The monoisotopic (exact) mass is 380 g/mol. The van der Waals surface area contributed by atoms with E-state index in [1.807, 2.05) is 0 Å². The summed E-state index contributed by atoms with van der Waals surface area (Å²) in [6.07, 6.45) is 0. The van der Waals surface area contributed by atoms with Crippen LogP contribution in [0.3, 0.4) is 0 Å². The summed E-state index contributed by atoms with van der Waals surface area (Å²) in [6.45, 7) is -0.232. The molecular weight excluding hydrogens is 374 g/mol. The fourth-order valence-electron chi connectivity index (χ4n) is 1.32. The quantitative estimate of drug-likeness (QED) is 0.567. The Balaban J connectivity index is 0.000000861. The first kappa shape index (κ1) is 16.2. The first-order valence-corrected chi connectivity index (χ1v) is 12.1. The second-order valence-electron chi connectivity index (χ2n) is 3.38. The van der Waals surface area contributed by atoms with E-state index >= 15 is 0 Å². The van der Waals surface area contributed by atoms with Crippen LogP contribution in [0.1, 0.15) is 5.56 Å². The van der Waals surface area contributed by atoms with Gasteiger partial charge < -0.3 is 4.74 Å². The molecule has 0 spiro atoms. The van der Waals surface area contributed by atoms with Crippen molar-refractivity contribution in [3.63, 3.8) is 0 Å². The summed E-state index contributed by atoms with van der Waals surface area (Å²) in [5, 5.41) is 0. The maximum absolute atomic E-state index is 13.2. The predicted octanol–water partition coefficient (Wildman–Crippen LogP) is 4.33. The van der Waals surface area contributed by atoms with Crippen molar-refractivity contribution in [1.82, 2.24) is 0 Å². The van der Waals surface area contributed by atoms with E-state index in [0.29, 0.717) is 0 Å². The Morgan fingerprint density at radius 3 is 2.53 bits per heavy atom. The van der Waals surface area contributed by atoms with Gasteiger partial charge in [-0.1, -0.05) is 0 Å². The van der Waals surface area contributed by atoms with Crippen molar-refractivity contribution >= 4 is 13.6 Å². The minimum atomic E-state index is -0.593. The summed E-state index contributed by atoms with van der Waals surface area (Å²) in [4.78, 5) is 0. The molecular formula is C13H8BrF3OZn. The molecule has 0 aliphatic carbocycles. The number of hydrogen-bond acceptors (Lipinski definition) is 1. The molecule has 0 radical (unpaired) electrons. The average Bonchev–Trinajstić information content (AvgIpc) is 2.44. The van der Waals surface area contributed by atoms with Crippen LogP contribution in [-0.4, -0.2) is 0 Å². The van der Waals surface area contributed by atoms with Gasteiger partial charge in [0.15, 0.2) is 0 Å². The van der Waals surface area contributed by atoms with Gasteiger partial charge in [0.25, 0.3) is 0 Å².